The minimum atomic E-state index is -1.17. The molecule has 1 amide bonds. The van der Waals surface area contributed by atoms with E-state index in [-0.39, 0.29) is 16.3 Å². The molecule has 0 bridgehead atoms. The molecule has 0 saturated carbocycles. The average Bonchev–Trinajstić information content (AvgIpc) is 2.53. The Morgan fingerprint density at radius 2 is 1.92 bits per heavy atom. The molecule has 7 heteroatoms. The van der Waals surface area contributed by atoms with Crippen LogP contribution in [0, 0.1) is 0 Å². The van der Waals surface area contributed by atoms with Gasteiger partial charge < -0.3 is 15.2 Å². The lowest BCUT2D eigenvalue weighted by Crippen LogP contribution is -2.36. The fourth-order valence-electron chi connectivity index (χ4n) is 2.41. The molecule has 2 aromatic rings. The van der Waals surface area contributed by atoms with Gasteiger partial charge in [-0.25, -0.2) is 9.59 Å². The molecule has 0 aliphatic heterocycles. The zero-order chi connectivity index (χ0) is 19.3. The second kappa shape index (κ2) is 8.19. The van der Waals surface area contributed by atoms with Gasteiger partial charge in [0.15, 0.2) is 0 Å². The number of ether oxygens (including phenoxy) is 1. The highest BCUT2D eigenvalue weighted by Gasteiger charge is 2.25. The molecule has 0 aliphatic carbocycles. The van der Waals surface area contributed by atoms with Crippen LogP contribution in [0.2, 0.25) is 5.02 Å². The number of rotatable bonds is 5. The molecule has 0 aliphatic rings. The number of carboxylic acid groups (broad SMARTS) is 1. The van der Waals surface area contributed by atoms with Crippen molar-refractivity contribution in [3.8, 4) is 0 Å². The van der Waals surface area contributed by atoms with Gasteiger partial charge in [0.2, 0.25) is 0 Å². The number of nitrogens with zero attached hydrogens (tertiary/aromatic N) is 1. The van der Waals surface area contributed by atoms with Crippen LogP contribution in [0.25, 0.3) is 0 Å². The van der Waals surface area contributed by atoms with E-state index >= 15 is 0 Å². The zero-order valence-electron chi connectivity index (χ0n) is 14.8. The molecule has 0 saturated heterocycles. The number of aromatic nitrogens is 1. The number of carbonyl (C=O) groups excluding carboxylic acids is 1. The molecule has 2 N–H and O–H groups in total. The summed E-state index contributed by atoms with van der Waals surface area (Å²) < 4.78 is 5.30. The smallest absolute Gasteiger partial charge is 0.408 e. The van der Waals surface area contributed by atoms with Crippen molar-refractivity contribution in [3.63, 3.8) is 0 Å². The highest BCUT2D eigenvalue weighted by molar-refractivity contribution is 6.30. The Labute approximate surface area is 157 Å². The summed E-state index contributed by atoms with van der Waals surface area (Å²) in [6, 6.07) is 10.0. The maximum atomic E-state index is 12.2. The minimum Gasteiger partial charge on any atom is -0.478 e. The summed E-state index contributed by atoms with van der Waals surface area (Å²) >= 11 is 5.88. The summed E-state index contributed by atoms with van der Waals surface area (Å²) in [5.41, 5.74) is 0.400. The lowest BCUT2D eigenvalue weighted by molar-refractivity contribution is 0.0498. The number of hydrogen-bond donors (Lipinski definition) is 2. The Balaban J connectivity index is 2.37. The van der Waals surface area contributed by atoms with Crippen molar-refractivity contribution in [2.45, 2.75) is 38.8 Å². The second-order valence-electron chi connectivity index (χ2n) is 6.78. The molecule has 0 spiro atoms. The van der Waals surface area contributed by atoms with Crippen LogP contribution in [0.4, 0.5) is 4.79 Å². The van der Waals surface area contributed by atoms with Gasteiger partial charge in [0.1, 0.15) is 5.60 Å². The Kier molecular flexibility index (Phi) is 6.21. The molecule has 0 radical (unpaired) electrons. The molecular weight excluding hydrogens is 356 g/mol. The summed E-state index contributed by atoms with van der Waals surface area (Å²) in [7, 11) is 0. The van der Waals surface area contributed by atoms with E-state index < -0.39 is 23.7 Å². The number of benzene rings is 1. The first-order valence-electron chi connectivity index (χ1n) is 8.08. The van der Waals surface area contributed by atoms with Crippen molar-refractivity contribution in [2.24, 2.45) is 0 Å². The van der Waals surface area contributed by atoms with Gasteiger partial charge in [-0.3, -0.25) is 4.98 Å². The molecule has 2 rings (SSSR count). The number of carbonyl (C=O) groups is 2. The van der Waals surface area contributed by atoms with E-state index in [4.69, 9.17) is 16.3 Å². The fraction of sp³-hybridized carbons (Fsp3) is 0.316. The van der Waals surface area contributed by atoms with Crippen LogP contribution in [0.3, 0.4) is 0 Å². The SMILES string of the molecule is CC(C)(C)OC(=O)N[C@@H](Cc1ccccc1)c1ncc(Cl)cc1C(=O)O. The second-order valence-corrected chi connectivity index (χ2v) is 7.22. The van der Waals surface area contributed by atoms with E-state index in [0.29, 0.717) is 6.42 Å². The summed E-state index contributed by atoms with van der Waals surface area (Å²) in [6.45, 7) is 5.26. The molecule has 1 aromatic heterocycles. The van der Waals surface area contributed by atoms with Crippen molar-refractivity contribution >= 4 is 23.7 Å². The summed E-state index contributed by atoms with van der Waals surface area (Å²) in [4.78, 5) is 28.0. The third-order valence-corrected chi connectivity index (χ3v) is 3.63. The molecular formula is C19H21ClN2O4. The van der Waals surface area contributed by atoms with Crippen LogP contribution in [-0.2, 0) is 11.2 Å². The number of alkyl carbamates (subject to hydrolysis) is 1. The Hall–Kier alpha value is -2.60. The van der Waals surface area contributed by atoms with Gasteiger partial charge in [-0.05, 0) is 38.8 Å². The summed E-state index contributed by atoms with van der Waals surface area (Å²) in [5.74, 6) is -1.17. The van der Waals surface area contributed by atoms with E-state index in [1.54, 1.807) is 20.8 Å². The highest BCUT2D eigenvalue weighted by atomic mass is 35.5. The maximum Gasteiger partial charge on any atom is 0.408 e. The summed E-state index contributed by atoms with van der Waals surface area (Å²) in [6.07, 6.45) is 1.07. The first-order chi connectivity index (χ1) is 12.2. The van der Waals surface area contributed by atoms with Crippen LogP contribution in [0.15, 0.2) is 42.6 Å². The number of aromatic carboxylic acids is 1. The number of halogens is 1. The van der Waals surface area contributed by atoms with Gasteiger partial charge in [0.05, 0.1) is 22.3 Å². The molecule has 0 unspecified atom stereocenters. The monoisotopic (exact) mass is 376 g/mol. The van der Waals surface area contributed by atoms with Crippen LogP contribution >= 0.6 is 11.6 Å². The maximum absolute atomic E-state index is 12.2. The third kappa shape index (κ3) is 5.74. The molecule has 26 heavy (non-hydrogen) atoms. The van der Waals surface area contributed by atoms with Crippen molar-refractivity contribution < 1.29 is 19.4 Å². The quantitative estimate of drug-likeness (QED) is 0.814. The van der Waals surface area contributed by atoms with Gasteiger partial charge in [0.25, 0.3) is 0 Å². The van der Waals surface area contributed by atoms with Crippen LogP contribution in [0.1, 0.15) is 48.4 Å². The zero-order valence-corrected chi connectivity index (χ0v) is 15.6. The predicted octanol–water partition coefficient (Wildman–Crippen LogP) is 4.24. The van der Waals surface area contributed by atoms with Crippen molar-refractivity contribution in [1.82, 2.24) is 10.3 Å². The number of carboxylic acids is 1. The van der Waals surface area contributed by atoms with Gasteiger partial charge >= 0.3 is 12.1 Å². The van der Waals surface area contributed by atoms with Crippen LogP contribution in [0.5, 0.6) is 0 Å². The lowest BCUT2D eigenvalue weighted by atomic mass is 9.99. The van der Waals surface area contributed by atoms with E-state index in [2.05, 4.69) is 10.3 Å². The predicted molar refractivity (Wildman–Crippen MR) is 98.5 cm³/mol. The molecule has 1 aromatic carbocycles. The van der Waals surface area contributed by atoms with E-state index in [1.807, 2.05) is 30.3 Å². The number of nitrogens with one attached hydrogen (secondary N) is 1. The fourth-order valence-corrected chi connectivity index (χ4v) is 2.57. The summed E-state index contributed by atoms with van der Waals surface area (Å²) in [5, 5.41) is 12.4. The van der Waals surface area contributed by atoms with Crippen LogP contribution in [-0.4, -0.2) is 27.8 Å². The minimum absolute atomic E-state index is 0.0607. The van der Waals surface area contributed by atoms with Gasteiger partial charge in [-0.15, -0.1) is 0 Å². The standard InChI is InChI=1S/C19H21ClN2O4/c1-19(2,3)26-18(25)22-15(9-12-7-5-4-6-8-12)16-14(17(23)24)10-13(20)11-21-16/h4-8,10-11,15H,9H2,1-3H3,(H,22,25)(H,23,24)/t15-/m0/s1. The van der Waals surface area contributed by atoms with Crippen LogP contribution < -0.4 is 5.32 Å². The average molecular weight is 377 g/mol. The normalized spacial score (nSPS) is 12.3. The van der Waals surface area contributed by atoms with Gasteiger partial charge in [0, 0.05) is 6.20 Å². The molecule has 6 nitrogen and oxygen atoms in total. The Morgan fingerprint density at radius 3 is 2.50 bits per heavy atom. The van der Waals surface area contributed by atoms with Crippen molar-refractivity contribution in [2.75, 3.05) is 0 Å². The largest absolute Gasteiger partial charge is 0.478 e. The number of amides is 1. The lowest BCUT2D eigenvalue weighted by Gasteiger charge is -2.24. The van der Waals surface area contributed by atoms with E-state index in [9.17, 15) is 14.7 Å². The third-order valence-electron chi connectivity index (χ3n) is 3.42. The van der Waals surface area contributed by atoms with E-state index in [0.717, 1.165) is 5.56 Å². The Morgan fingerprint density at radius 1 is 1.27 bits per heavy atom. The van der Waals surface area contributed by atoms with Crippen molar-refractivity contribution in [3.05, 3.63) is 64.4 Å². The Bertz CT molecular complexity index is 788. The number of pyridine rings is 1. The van der Waals surface area contributed by atoms with Gasteiger partial charge in [-0.1, -0.05) is 41.9 Å². The molecule has 1 atom stereocenters. The molecule has 0 fully saturated rings. The highest BCUT2D eigenvalue weighted by Crippen LogP contribution is 2.23. The molecule has 1 heterocycles. The topological polar surface area (TPSA) is 88.5 Å². The van der Waals surface area contributed by atoms with Crippen molar-refractivity contribution in [1.29, 1.82) is 0 Å². The first kappa shape index (κ1) is 19.7. The van der Waals surface area contributed by atoms with E-state index in [1.165, 1.54) is 12.3 Å². The first-order valence-corrected chi connectivity index (χ1v) is 8.45. The number of hydrogen-bond acceptors (Lipinski definition) is 4. The van der Waals surface area contributed by atoms with Gasteiger partial charge in [-0.2, -0.15) is 0 Å². The molecule has 138 valence electrons.